The van der Waals surface area contributed by atoms with E-state index in [1.165, 1.54) is 13.3 Å². The molecule has 0 aromatic heterocycles. The van der Waals surface area contributed by atoms with Crippen molar-refractivity contribution < 1.29 is 14.3 Å². The summed E-state index contributed by atoms with van der Waals surface area (Å²) in [7, 11) is 3.09. The molecule has 6 heteroatoms. The Morgan fingerprint density at radius 2 is 2.05 bits per heavy atom. The monoisotopic (exact) mass is 289 g/mol. The molecule has 0 aliphatic heterocycles. The standard InChI is InChI=1S/C15H19N3O3/c1-10(2)18-15(19)11(8-16)9-17-13-6-5-12(20-3)7-14(13)21-4/h5-7,9-10,17H,1-4H3,(H,18,19)/b11-9-. The van der Waals surface area contributed by atoms with Gasteiger partial charge in [-0.15, -0.1) is 0 Å². The van der Waals surface area contributed by atoms with Gasteiger partial charge in [0.05, 0.1) is 19.9 Å². The van der Waals surface area contributed by atoms with Gasteiger partial charge >= 0.3 is 0 Å². The summed E-state index contributed by atoms with van der Waals surface area (Å²) in [5.41, 5.74) is 0.616. The highest BCUT2D eigenvalue weighted by Crippen LogP contribution is 2.29. The number of carbonyl (C=O) groups excluding carboxylic acids is 1. The molecular weight excluding hydrogens is 270 g/mol. The quantitative estimate of drug-likeness (QED) is 0.618. The third kappa shape index (κ3) is 4.73. The lowest BCUT2D eigenvalue weighted by Crippen LogP contribution is -2.31. The van der Waals surface area contributed by atoms with Crippen LogP contribution in [0, 0.1) is 11.3 Å². The number of nitriles is 1. The van der Waals surface area contributed by atoms with E-state index >= 15 is 0 Å². The summed E-state index contributed by atoms with van der Waals surface area (Å²) in [6, 6.07) is 7.01. The predicted molar refractivity (Wildman–Crippen MR) is 80.1 cm³/mol. The number of amides is 1. The summed E-state index contributed by atoms with van der Waals surface area (Å²) in [4.78, 5) is 11.8. The average molecular weight is 289 g/mol. The third-order valence-electron chi connectivity index (χ3n) is 2.57. The Kier molecular flexibility index (Phi) is 6.08. The van der Waals surface area contributed by atoms with E-state index in [2.05, 4.69) is 10.6 Å². The largest absolute Gasteiger partial charge is 0.497 e. The third-order valence-corrected chi connectivity index (χ3v) is 2.57. The summed E-state index contributed by atoms with van der Waals surface area (Å²) >= 11 is 0. The number of anilines is 1. The number of ether oxygens (including phenoxy) is 2. The van der Waals surface area contributed by atoms with Crippen LogP contribution in [0.4, 0.5) is 5.69 Å². The summed E-state index contributed by atoms with van der Waals surface area (Å²) in [5, 5.41) is 14.6. The van der Waals surface area contributed by atoms with Crippen LogP contribution < -0.4 is 20.1 Å². The van der Waals surface area contributed by atoms with Gasteiger partial charge in [0.2, 0.25) is 0 Å². The van der Waals surface area contributed by atoms with Crippen LogP contribution in [0.15, 0.2) is 30.0 Å². The maximum atomic E-state index is 11.8. The molecule has 1 aromatic carbocycles. The Bertz CT molecular complexity index is 574. The van der Waals surface area contributed by atoms with Gasteiger partial charge in [0.1, 0.15) is 23.1 Å². The van der Waals surface area contributed by atoms with E-state index in [0.29, 0.717) is 17.2 Å². The van der Waals surface area contributed by atoms with Crippen molar-refractivity contribution >= 4 is 11.6 Å². The zero-order valence-electron chi connectivity index (χ0n) is 12.6. The lowest BCUT2D eigenvalue weighted by molar-refractivity contribution is -0.117. The molecule has 0 saturated carbocycles. The first kappa shape index (κ1) is 16.4. The average Bonchev–Trinajstić information content (AvgIpc) is 2.47. The van der Waals surface area contributed by atoms with Gasteiger partial charge < -0.3 is 20.1 Å². The molecule has 6 nitrogen and oxygen atoms in total. The molecule has 0 bridgehead atoms. The van der Waals surface area contributed by atoms with Crippen LogP contribution in [0.25, 0.3) is 0 Å². The van der Waals surface area contributed by atoms with Gasteiger partial charge in [0.15, 0.2) is 0 Å². The van der Waals surface area contributed by atoms with E-state index in [9.17, 15) is 4.79 Å². The van der Waals surface area contributed by atoms with Crippen molar-refractivity contribution in [3.63, 3.8) is 0 Å². The summed E-state index contributed by atoms with van der Waals surface area (Å²) < 4.78 is 10.3. The van der Waals surface area contributed by atoms with Crippen LogP contribution in [0.5, 0.6) is 11.5 Å². The lowest BCUT2D eigenvalue weighted by Gasteiger charge is -2.11. The molecule has 2 N–H and O–H groups in total. The second-order valence-electron chi connectivity index (χ2n) is 4.51. The molecule has 1 rings (SSSR count). The second-order valence-corrected chi connectivity index (χ2v) is 4.51. The Morgan fingerprint density at radius 1 is 1.33 bits per heavy atom. The number of carbonyl (C=O) groups is 1. The predicted octanol–water partition coefficient (Wildman–Crippen LogP) is 2.05. The number of nitrogens with zero attached hydrogens (tertiary/aromatic N) is 1. The molecule has 21 heavy (non-hydrogen) atoms. The maximum absolute atomic E-state index is 11.8. The van der Waals surface area contributed by atoms with Crippen molar-refractivity contribution in [1.29, 1.82) is 5.26 Å². The first-order chi connectivity index (χ1) is 10.0. The highest BCUT2D eigenvalue weighted by molar-refractivity contribution is 5.97. The minimum Gasteiger partial charge on any atom is -0.497 e. The summed E-state index contributed by atoms with van der Waals surface area (Å²) in [5.74, 6) is 0.777. The topological polar surface area (TPSA) is 83.4 Å². The number of hydrogen-bond acceptors (Lipinski definition) is 5. The maximum Gasteiger partial charge on any atom is 0.263 e. The fraction of sp³-hybridized carbons (Fsp3) is 0.333. The van der Waals surface area contributed by atoms with Crippen molar-refractivity contribution in [3.8, 4) is 17.6 Å². The SMILES string of the molecule is COc1ccc(N/C=C(/C#N)C(=O)NC(C)C)c(OC)c1. The number of benzene rings is 1. The van der Waals surface area contributed by atoms with Crippen molar-refractivity contribution in [1.82, 2.24) is 5.32 Å². The van der Waals surface area contributed by atoms with Gasteiger partial charge in [-0.2, -0.15) is 5.26 Å². The molecule has 0 aliphatic carbocycles. The van der Waals surface area contributed by atoms with Crippen LogP contribution in [0.3, 0.4) is 0 Å². The Hall–Kier alpha value is -2.68. The van der Waals surface area contributed by atoms with Crippen molar-refractivity contribution in [3.05, 3.63) is 30.0 Å². The smallest absolute Gasteiger partial charge is 0.263 e. The zero-order valence-corrected chi connectivity index (χ0v) is 12.6. The Morgan fingerprint density at radius 3 is 2.57 bits per heavy atom. The summed E-state index contributed by atoms with van der Waals surface area (Å²) in [6.07, 6.45) is 1.35. The van der Waals surface area contributed by atoms with Gasteiger partial charge in [-0.05, 0) is 26.0 Å². The molecule has 0 atom stereocenters. The number of rotatable bonds is 6. The molecule has 1 aromatic rings. The Balaban J connectivity index is 2.92. The van der Waals surface area contributed by atoms with Crippen LogP contribution in [-0.4, -0.2) is 26.2 Å². The fourth-order valence-corrected chi connectivity index (χ4v) is 1.56. The fourth-order valence-electron chi connectivity index (χ4n) is 1.56. The van der Waals surface area contributed by atoms with Crippen LogP contribution in [0.2, 0.25) is 0 Å². The van der Waals surface area contributed by atoms with Gasteiger partial charge in [0.25, 0.3) is 5.91 Å². The summed E-state index contributed by atoms with van der Waals surface area (Å²) in [6.45, 7) is 3.65. The van der Waals surface area contributed by atoms with Gasteiger partial charge in [-0.3, -0.25) is 4.79 Å². The lowest BCUT2D eigenvalue weighted by atomic mass is 10.2. The minimum atomic E-state index is -0.424. The number of hydrogen-bond donors (Lipinski definition) is 2. The number of methoxy groups -OCH3 is 2. The second kappa shape index (κ2) is 7.80. The van der Waals surface area contributed by atoms with Gasteiger partial charge in [0, 0.05) is 18.3 Å². The normalized spacial score (nSPS) is 10.8. The Labute approximate surface area is 124 Å². The van der Waals surface area contributed by atoms with E-state index in [0.717, 1.165) is 0 Å². The molecule has 112 valence electrons. The number of nitrogens with one attached hydrogen (secondary N) is 2. The van der Waals surface area contributed by atoms with E-state index in [1.54, 1.807) is 25.3 Å². The minimum absolute atomic E-state index is 0.0124. The molecule has 1 amide bonds. The molecule has 0 aliphatic rings. The first-order valence-corrected chi connectivity index (χ1v) is 6.41. The van der Waals surface area contributed by atoms with Gasteiger partial charge in [-0.1, -0.05) is 0 Å². The van der Waals surface area contributed by atoms with Crippen LogP contribution in [0.1, 0.15) is 13.8 Å². The zero-order chi connectivity index (χ0) is 15.8. The van der Waals surface area contributed by atoms with Crippen molar-refractivity contribution in [2.75, 3.05) is 19.5 Å². The molecule has 0 heterocycles. The highest BCUT2D eigenvalue weighted by atomic mass is 16.5. The van der Waals surface area contributed by atoms with E-state index in [-0.39, 0.29) is 11.6 Å². The first-order valence-electron chi connectivity index (χ1n) is 6.41. The van der Waals surface area contributed by atoms with E-state index < -0.39 is 5.91 Å². The van der Waals surface area contributed by atoms with E-state index in [1.807, 2.05) is 19.9 Å². The molecule has 0 spiro atoms. The van der Waals surface area contributed by atoms with E-state index in [4.69, 9.17) is 14.7 Å². The van der Waals surface area contributed by atoms with Gasteiger partial charge in [-0.25, -0.2) is 0 Å². The van der Waals surface area contributed by atoms with Crippen molar-refractivity contribution in [2.45, 2.75) is 19.9 Å². The molecule has 0 unspecified atom stereocenters. The molecular formula is C15H19N3O3. The molecule has 0 radical (unpaired) electrons. The molecule has 0 fully saturated rings. The highest BCUT2D eigenvalue weighted by Gasteiger charge is 2.10. The van der Waals surface area contributed by atoms with Crippen molar-refractivity contribution in [2.24, 2.45) is 0 Å². The van der Waals surface area contributed by atoms with Crippen LogP contribution >= 0.6 is 0 Å². The molecule has 0 saturated heterocycles. The van der Waals surface area contributed by atoms with Crippen LogP contribution in [-0.2, 0) is 4.79 Å².